The second kappa shape index (κ2) is 11.0. The molecule has 0 atom stereocenters. The van der Waals surface area contributed by atoms with Gasteiger partial charge in [0.2, 0.25) is 0 Å². The second-order valence-electron chi connectivity index (χ2n) is 4.79. The molecule has 16 heteroatoms. The van der Waals surface area contributed by atoms with Crippen LogP contribution in [-0.4, -0.2) is 77.1 Å². The maximum Gasteiger partial charge on any atom is 0.153 e. The van der Waals surface area contributed by atoms with Crippen molar-refractivity contribution in [3.63, 3.8) is 0 Å². The number of rotatable bonds is 15. The summed E-state index contributed by atoms with van der Waals surface area (Å²) in [6.45, 7) is 12.6. The minimum atomic E-state index is -1.22. The topological polar surface area (TPSA) is 190 Å². The lowest BCUT2D eigenvalue weighted by molar-refractivity contribution is -0.714. The van der Waals surface area contributed by atoms with E-state index in [4.69, 9.17) is 26.2 Å². The molecule has 0 saturated heterocycles. The van der Waals surface area contributed by atoms with Gasteiger partial charge in [0.05, 0.1) is 26.5 Å². The van der Waals surface area contributed by atoms with Crippen LogP contribution in [-0.2, 0) is 14.5 Å². The molecular weight excluding hydrogens is 356 g/mol. The van der Waals surface area contributed by atoms with E-state index in [1.54, 1.807) is 6.92 Å². The molecule has 26 heavy (non-hydrogen) atoms. The molecule has 2 N–H and O–H groups in total. The van der Waals surface area contributed by atoms with Crippen molar-refractivity contribution in [1.82, 2.24) is 16.0 Å². The molecule has 0 radical (unpaired) electrons. The molecular formula is C10H21N10O6-3. The fourth-order valence-corrected chi connectivity index (χ4v) is 1.32. The number of hydrazine groups is 3. The van der Waals surface area contributed by atoms with Gasteiger partial charge in [0, 0.05) is 5.41 Å². The number of hydrogen-bond acceptors (Lipinski definition) is 10. The first-order chi connectivity index (χ1) is 12.1. The minimum Gasteiger partial charge on any atom is -0.808 e. The van der Waals surface area contributed by atoms with Crippen LogP contribution in [0.15, 0.2) is 5.10 Å². The van der Waals surface area contributed by atoms with Crippen molar-refractivity contribution >= 4 is 26.9 Å². The average Bonchev–Trinajstić information content (AvgIpc) is 2.60. The molecule has 0 fully saturated rings. The van der Waals surface area contributed by atoms with Crippen LogP contribution in [0.4, 0.5) is 0 Å². The van der Waals surface area contributed by atoms with Crippen LogP contribution < -0.4 is 0 Å². The number of nitrogens with one attached hydrogen (secondary N) is 2. The molecule has 0 amide bonds. The summed E-state index contributed by atoms with van der Waals surface area (Å²) in [5, 5.41) is 36.8. The van der Waals surface area contributed by atoms with Gasteiger partial charge in [-0.15, -0.1) is 9.59 Å². The van der Waals surface area contributed by atoms with Gasteiger partial charge in [-0.05, 0) is 6.42 Å². The molecule has 0 saturated carbocycles. The molecule has 0 unspecified atom stereocenters. The molecule has 0 aliphatic carbocycles. The lowest BCUT2D eigenvalue weighted by Crippen LogP contribution is -2.43. The highest BCUT2D eigenvalue weighted by Crippen LogP contribution is 2.25. The smallest absolute Gasteiger partial charge is 0.153 e. The summed E-state index contributed by atoms with van der Waals surface area (Å²) >= 11 is 0. The Kier molecular flexibility index (Phi) is 9.81. The molecule has 0 rings (SSSR count). The van der Waals surface area contributed by atoms with Gasteiger partial charge in [-0.1, -0.05) is 17.6 Å². The van der Waals surface area contributed by atoms with Crippen LogP contribution in [0.25, 0.3) is 17.2 Å². The first kappa shape index (κ1) is 23.2. The van der Waals surface area contributed by atoms with Crippen molar-refractivity contribution in [3.8, 4) is 0 Å². The number of nitrogens with zero attached hydrogens (tertiary/aromatic N) is 8. The quantitative estimate of drug-likeness (QED) is 0.219. The third-order valence-electron chi connectivity index (χ3n) is 2.94. The maximum absolute atomic E-state index is 11.6. The van der Waals surface area contributed by atoms with Crippen LogP contribution >= 0.6 is 0 Å². The Bertz CT molecular complexity index is 481. The van der Waals surface area contributed by atoms with Crippen molar-refractivity contribution in [2.75, 3.05) is 19.8 Å². The van der Waals surface area contributed by atoms with E-state index in [0.29, 0.717) is 4.79 Å². The zero-order valence-electron chi connectivity index (χ0n) is 14.2. The van der Waals surface area contributed by atoms with Gasteiger partial charge in [-0.25, -0.2) is 27.1 Å². The highest BCUT2D eigenvalue weighted by molar-refractivity contribution is 5.24. The first-order valence-electron chi connectivity index (χ1n) is 6.79. The van der Waals surface area contributed by atoms with Gasteiger partial charge < -0.3 is 35.5 Å². The fourth-order valence-electron chi connectivity index (χ4n) is 1.32. The molecule has 0 aromatic rings. The van der Waals surface area contributed by atoms with Crippen molar-refractivity contribution < 1.29 is 28.9 Å². The highest BCUT2D eigenvalue weighted by atomic mass is 16.9. The minimum absolute atomic E-state index is 0.121. The normalized spacial score (nSPS) is 10.8. The lowest BCUT2D eigenvalue weighted by Gasteiger charge is -2.43. The Morgan fingerprint density at radius 2 is 1.35 bits per heavy atom. The van der Waals surface area contributed by atoms with Gasteiger partial charge in [0.15, 0.2) is 13.4 Å². The van der Waals surface area contributed by atoms with Crippen molar-refractivity contribution in [1.29, 1.82) is 0 Å². The Labute approximate surface area is 149 Å². The Hall–Kier alpha value is -2.76. The van der Waals surface area contributed by atoms with Crippen LogP contribution in [0.5, 0.6) is 0 Å². The Balaban J connectivity index is 5.08. The van der Waals surface area contributed by atoms with Gasteiger partial charge in [-0.2, -0.15) is 0 Å². The summed E-state index contributed by atoms with van der Waals surface area (Å²) in [4.78, 5) is 15.2. The van der Waals surface area contributed by atoms with E-state index in [-0.39, 0.29) is 32.0 Å². The van der Waals surface area contributed by atoms with E-state index in [9.17, 15) is 15.6 Å². The van der Waals surface area contributed by atoms with Crippen molar-refractivity contribution in [2.24, 2.45) is 10.5 Å². The summed E-state index contributed by atoms with van der Waals surface area (Å²) in [6.07, 6.45) is 0.195. The van der Waals surface area contributed by atoms with Crippen LogP contribution in [0.2, 0.25) is 0 Å². The van der Waals surface area contributed by atoms with Gasteiger partial charge >= 0.3 is 0 Å². The van der Waals surface area contributed by atoms with E-state index in [1.807, 2.05) is 0 Å². The number of hydrogen-bond donors (Lipinski definition) is 0. The number of hydrazone groups is 3. The second-order valence-corrected chi connectivity index (χ2v) is 4.79. The SMILES string of the molecule is C=N[N-][N+](=C)N([O-])OCC(CC)(CON([O-])[N+](=C)[NH-])CON([O-])[N+](=C)[NH-]. The lowest BCUT2D eigenvalue weighted by atomic mass is 9.88. The summed E-state index contributed by atoms with van der Waals surface area (Å²) in [5.41, 5.74) is 1.99. The molecule has 0 aromatic carbocycles. The summed E-state index contributed by atoms with van der Waals surface area (Å²) in [6, 6.07) is 0. The average molecular weight is 377 g/mol. The molecule has 0 aromatic heterocycles. The van der Waals surface area contributed by atoms with E-state index in [2.05, 4.69) is 37.5 Å². The van der Waals surface area contributed by atoms with Crippen LogP contribution in [0.1, 0.15) is 13.3 Å². The monoisotopic (exact) mass is 377 g/mol. The Morgan fingerprint density at radius 3 is 1.65 bits per heavy atom. The third kappa shape index (κ3) is 7.88. The molecule has 0 aliphatic rings. The van der Waals surface area contributed by atoms with E-state index < -0.39 is 25.2 Å². The van der Waals surface area contributed by atoms with Crippen LogP contribution in [0.3, 0.4) is 0 Å². The molecule has 0 spiro atoms. The van der Waals surface area contributed by atoms with Crippen molar-refractivity contribution in [2.45, 2.75) is 13.3 Å². The predicted octanol–water partition coefficient (Wildman–Crippen LogP) is 0.300. The molecule has 16 nitrogen and oxygen atoms in total. The standard InChI is InChI=1S/C10H21N10O6/c1-6-10(7-24-18(21)15(3)11,8-25-19(22)16(4)12)9-26-20(23)17(5)14-13-2/h11-12H,2-9H2,1H3/q-3. The zero-order valence-corrected chi connectivity index (χ0v) is 14.2. The first-order valence-corrected chi connectivity index (χ1v) is 6.79. The van der Waals surface area contributed by atoms with Gasteiger partial charge in [0.25, 0.3) is 0 Å². The molecule has 0 heterocycles. The van der Waals surface area contributed by atoms with Gasteiger partial charge in [0.1, 0.15) is 6.72 Å². The highest BCUT2D eigenvalue weighted by Gasteiger charge is 2.30. The molecule has 0 bridgehead atoms. The molecule has 0 aliphatic heterocycles. The predicted molar refractivity (Wildman–Crippen MR) is 89.9 cm³/mol. The van der Waals surface area contributed by atoms with E-state index >= 15 is 0 Å². The summed E-state index contributed by atoms with van der Waals surface area (Å²) < 4.78 is 0. The summed E-state index contributed by atoms with van der Waals surface area (Å²) in [7, 11) is 0. The van der Waals surface area contributed by atoms with Crippen LogP contribution in [0, 0.1) is 21.0 Å². The van der Waals surface area contributed by atoms with E-state index in [1.165, 1.54) is 0 Å². The Morgan fingerprint density at radius 1 is 0.962 bits per heavy atom. The third-order valence-corrected chi connectivity index (χ3v) is 2.94. The fraction of sp³-hybridized carbons (Fsp3) is 0.600. The van der Waals surface area contributed by atoms with Crippen molar-refractivity contribution in [3.05, 3.63) is 32.8 Å². The maximum atomic E-state index is 11.6. The van der Waals surface area contributed by atoms with E-state index in [0.717, 1.165) is 0 Å². The largest absolute Gasteiger partial charge is 0.808 e. The molecule has 150 valence electrons. The summed E-state index contributed by atoms with van der Waals surface area (Å²) in [5.74, 6) is 14.0. The van der Waals surface area contributed by atoms with Gasteiger partial charge in [-0.3, -0.25) is 0 Å². The zero-order chi connectivity index (χ0) is 20.3.